The highest BCUT2D eigenvalue weighted by Crippen LogP contribution is 2.20. The summed E-state index contributed by atoms with van der Waals surface area (Å²) in [5.74, 6) is 1.03. The van der Waals surface area contributed by atoms with Crippen molar-refractivity contribution < 1.29 is 0 Å². The molecule has 0 amide bonds. The Hall–Kier alpha value is -2.07. The lowest BCUT2D eigenvalue weighted by Gasteiger charge is -2.09. The Bertz CT molecular complexity index is 716. The number of benzene rings is 1. The van der Waals surface area contributed by atoms with Gasteiger partial charge >= 0.3 is 0 Å². The zero-order chi connectivity index (χ0) is 14.7. The van der Waals surface area contributed by atoms with Gasteiger partial charge in [0, 0.05) is 42.9 Å². The SMILES string of the molecule is Cc1nccn1CCc1ccc(Cn2ccnc2)cc1Cl. The minimum Gasteiger partial charge on any atom is -0.335 e. The minimum atomic E-state index is 0.792. The fourth-order valence-electron chi connectivity index (χ4n) is 2.36. The maximum Gasteiger partial charge on any atom is 0.105 e. The van der Waals surface area contributed by atoms with E-state index in [0.717, 1.165) is 30.4 Å². The van der Waals surface area contributed by atoms with Gasteiger partial charge in [-0.2, -0.15) is 0 Å². The Balaban J connectivity index is 1.68. The number of hydrogen-bond donors (Lipinski definition) is 0. The molecule has 3 aromatic rings. The third-order valence-corrected chi connectivity index (χ3v) is 3.94. The lowest BCUT2D eigenvalue weighted by molar-refractivity contribution is 0.673. The Kier molecular flexibility index (Phi) is 4.06. The molecule has 0 spiro atoms. The van der Waals surface area contributed by atoms with Crippen molar-refractivity contribution >= 4 is 11.6 Å². The fraction of sp³-hybridized carbons (Fsp3) is 0.250. The molecule has 0 fully saturated rings. The molecule has 0 unspecified atom stereocenters. The molecule has 4 nitrogen and oxygen atoms in total. The molecular formula is C16H17ClN4. The summed E-state index contributed by atoms with van der Waals surface area (Å²) in [5.41, 5.74) is 2.35. The first-order valence-electron chi connectivity index (χ1n) is 6.93. The molecule has 0 bridgehead atoms. The molecule has 0 aliphatic rings. The molecule has 0 saturated carbocycles. The van der Waals surface area contributed by atoms with Crippen molar-refractivity contribution in [3.05, 3.63) is 71.3 Å². The van der Waals surface area contributed by atoms with Crippen LogP contribution in [-0.2, 0) is 19.5 Å². The molecule has 2 heterocycles. The first kappa shape index (κ1) is 13.9. The number of rotatable bonds is 5. The van der Waals surface area contributed by atoms with Gasteiger partial charge in [0.2, 0.25) is 0 Å². The zero-order valence-electron chi connectivity index (χ0n) is 11.9. The summed E-state index contributed by atoms with van der Waals surface area (Å²) >= 11 is 6.40. The molecule has 0 aliphatic heterocycles. The topological polar surface area (TPSA) is 35.6 Å². The van der Waals surface area contributed by atoms with Crippen molar-refractivity contribution in [2.75, 3.05) is 0 Å². The molecule has 0 N–H and O–H groups in total. The normalized spacial score (nSPS) is 11.0. The van der Waals surface area contributed by atoms with Gasteiger partial charge in [0.15, 0.2) is 0 Å². The smallest absolute Gasteiger partial charge is 0.105 e. The van der Waals surface area contributed by atoms with Gasteiger partial charge in [-0.05, 0) is 30.5 Å². The van der Waals surface area contributed by atoms with Gasteiger partial charge in [-0.15, -0.1) is 0 Å². The second-order valence-corrected chi connectivity index (χ2v) is 5.49. The Morgan fingerprint density at radius 3 is 2.76 bits per heavy atom. The van der Waals surface area contributed by atoms with Crippen LogP contribution in [-0.4, -0.2) is 19.1 Å². The second kappa shape index (κ2) is 6.14. The van der Waals surface area contributed by atoms with E-state index in [-0.39, 0.29) is 0 Å². The second-order valence-electron chi connectivity index (χ2n) is 5.08. The van der Waals surface area contributed by atoms with Crippen LogP contribution in [0, 0.1) is 6.92 Å². The van der Waals surface area contributed by atoms with Crippen LogP contribution in [0.4, 0.5) is 0 Å². The highest BCUT2D eigenvalue weighted by Gasteiger charge is 2.04. The number of aromatic nitrogens is 4. The zero-order valence-corrected chi connectivity index (χ0v) is 12.7. The van der Waals surface area contributed by atoms with Crippen molar-refractivity contribution in [1.29, 1.82) is 0 Å². The Labute approximate surface area is 129 Å². The predicted octanol–water partition coefficient (Wildman–Crippen LogP) is 3.33. The summed E-state index contributed by atoms with van der Waals surface area (Å²) in [4.78, 5) is 8.27. The standard InChI is InChI=1S/C16H17ClN4/c1-13-19-6-9-21(13)7-4-15-3-2-14(10-16(15)17)11-20-8-5-18-12-20/h2-3,5-6,8-10,12H,4,7,11H2,1H3. The molecule has 3 rings (SSSR count). The third kappa shape index (κ3) is 3.34. The quantitative estimate of drug-likeness (QED) is 0.724. The van der Waals surface area contributed by atoms with Gasteiger partial charge in [-0.25, -0.2) is 9.97 Å². The van der Waals surface area contributed by atoms with Crippen LogP contribution in [0.3, 0.4) is 0 Å². The molecule has 108 valence electrons. The lowest BCUT2D eigenvalue weighted by Crippen LogP contribution is -2.03. The summed E-state index contributed by atoms with van der Waals surface area (Å²) < 4.78 is 4.16. The van der Waals surface area contributed by atoms with E-state index in [9.17, 15) is 0 Å². The van der Waals surface area contributed by atoms with Crippen LogP contribution in [0.25, 0.3) is 0 Å². The van der Waals surface area contributed by atoms with Crippen molar-refractivity contribution in [3.8, 4) is 0 Å². The highest BCUT2D eigenvalue weighted by molar-refractivity contribution is 6.31. The summed E-state index contributed by atoms with van der Waals surface area (Å²) in [7, 11) is 0. The Morgan fingerprint density at radius 2 is 2.10 bits per heavy atom. The Morgan fingerprint density at radius 1 is 1.19 bits per heavy atom. The van der Waals surface area contributed by atoms with E-state index in [0.29, 0.717) is 0 Å². The van der Waals surface area contributed by atoms with Gasteiger partial charge in [0.25, 0.3) is 0 Å². The summed E-state index contributed by atoms with van der Waals surface area (Å²) in [6, 6.07) is 6.28. The third-order valence-electron chi connectivity index (χ3n) is 3.59. The molecule has 1 aromatic carbocycles. The van der Waals surface area contributed by atoms with Crippen LogP contribution in [0.2, 0.25) is 5.02 Å². The summed E-state index contributed by atoms with van der Waals surface area (Å²) in [6.45, 7) is 3.70. The lowest BCUT2D eigenvalue weighted by atomic mass is 10.1. The molecule has 5 heteroatoms. The monoisotopic (exact) mass is 300 g/mol. The van der Waals surface area contributed by atoms with Crippen LogP contribution >= 0.6 is 11.6 Å². The van der Waals surface area contributed by atoms with Crippen LogP contribution < -0.4 is 0 Å². The van der Waals surface area contributed by atoms with Gasteiger partial charge in [0.05, 0.1) is 6.33 Å². The van der Waals surface area contributed by atoms with Crippen molar-refractivity contribution in [3.63, 3.8) is 0 Å². The van der Waals surface area contributed by atoms with Gasteiger partial charge in [-0.3, -0.25) is 0 Å². The maximum atomic E-state index is 6.40. The summed E-state index contributed by atoms with van der Waals surface area (Å²) in [6.07, 6.45) is 10.3. The van der Waals surface area contributed by atoms with Crippen LogP contribution in [0.1, 0.15) is 17.0 Å². The van der Waals surface area contributed by atoms with Crippen LogP contribution in [0.5, 0.6) is 0 Å². The van der Waals surface area contributed by atoms with Gasteiger partial charge in [-0.1, -0.05) is 23.7 Å². The van der Waals surface area contributed by atoms with E-state index in [1.807, 2.05) is 42.5 Å². The van der Waals surface area contributed by atoms with Gasteiger partial charge in [0.1, 0.15) is 5.82 Å². The average molecular weight is 301 g/mol. The number of aryl methyl sites for hydroxylation is 3. The molecule has 0 aliphatic carbocycles. The van der Waals surface area contributed by atoms with E-state index in [4.69, 9.17) is 11.6 Å². The van der Waals surface area contributed by atoms with Crippen LogP contribution in [0.15, 0.2) is 49.3 Å². The first-order valence-corrected chi connectivity index (χ1v) is 7.31. The van der Waals surface area contributed by atoms with E-state index < -0.39 is 0 Å². The van der Waals surface area contributed by atoms with E-state index in [1.54, 1.807) is 6.20 Å². The minimum absolute atomic E-state index is 0.792. The van der Waals surface area contributed by atoms with E-state index >= 15 is 0 Å². The average Bonchev–Trinajstić information content (AvgIpc) is 3.10. The van der Waals surface area contributed by atoms with Crippen molar-refractivity contribution in [2.24, 2.45) is 0 Å². The molecule has 2 aromatic heterocycles. The van der Waals surface area contributed by atoms with Crippen molar-refractivity contribution in [1.82, 2.24) is 19.1 Å². The number of nitrogens with zero attached hydrogens (tertiary/aromatic N) is 4. The predicted molar refractivity (Wildman–Crippen MR) is 83.4 cm³/mol. The first-order chi connectivity index (χ1) is 10.2. The molecule has 0 saturated heterocycles. The van der Waals surface area contributed by atoms with Crippen molar-refractivity contribution in [2.45, 2.75) is 26.4 Å². The number of imidazole rings is 2. The fourth-order valence-corrected chi connectivity index (χ4v) is 2.66. The largest absolute Gasteiger partial charge is 0.335 e. The number of hydrogen-bond acceptors (Lipinski definition) is 2. The molecule has 21 heavy (non-hydrogen) atoms. The van der Waals surface area contributed by atoms with E-state index in [2.05, 4.69) is 26.7 Å². The number of halogens is 1. The highest BCUT2D eigenvalue weighted by atomic mass is 35.5. The van der Waals surface area contributed by atoms with E-state index in [1.165, 1.54) is 11.1 Å². The maximum absolute atomic E-state index is 6.40. The molecular weight excluding hydrogens is 284 g/mol. The van der Waals surface area contributed by atoms with Gasteiger partial charge < -0.3 is 9.13 Å². The molecule has 0 radical (unpaired) electrons. The summed E-state index contributed by atoms with van der Waals surface area (Å²) in [5, 5.41) is 0.824. The molecule has 0 atom stereocenters.